The van der Waals surface area contributed by atoms with E-state index < -0.39 is 0 Å². The molecule has 1 aliphatic rings. The fraction of sp³-hybridized carbons (Fsp3) is 1.00. The van der Waals surface area contributed by atoms with E-state index in [-0.39, 0.29) is 0 Å². The molecule has 1 atom stereocenters. The van der Waals surface area contributed by atoms with Crippen molar-refractivity contribution in [3.63, 3.8) is 0 Å². The van der Waals surface area contributed by atoms with Crippen LogP contribution in [-0.2, 0) is 0 Å². The second-order valence-electron chi connectivity index (χ2n) is 2.42. The SMILES string of the molecule is CC1CCCN1BBr. The monoisotopic (exact) mass is 175 g/mol. The van der Waals surface area contributed by atoms with Crippen LogP contribution in [0.15, 0.2) is 0 Å². The zero-order valence-corrected chi connectivity index (χ0v) is 6.82. The number of rotatable bonds is 1. The Kier molecular flexibility index (Phi) is 2.38. The zero-order valence-electron chi connectivity index (χ0n) is 5.23. The summed E-state index contributed by atoms with van der Waals surface area (Å²) in [5, 5.41) is 0. The number of hydrogen-bond donors (Lipinski definition) is 0. The minimum Gasteiger partial charge on any atom is -0.333 e. The first-order chi connectivity index (χ1) is 3.84. The molecule has 0 aliphatic carbocycles. The van der Waals surface area contributed by atoms with Crippen LogP contribution in [-0.4, -0.2) is 23.6 Å². The van der Waals surface area contributed by atoms with Gasteiger partial charge in [0.05, 0.1) is 0 Å². The van der Waals surface area contributed by atoms with Crippen LogP contribution in [0.2, 0.25) is 0 Å². The molecule has 1 fully saturated rings. The van der Waals surface area contributed by atoms with E-state index >= 15 is 0 Å². The highest BCUT2D eigenvalue weighted by molar-refractivity contribution is 9.23. The molecule has 3 heteroatoms. The lowest BCUT2D eigenvalue weighted by Crippen LogP contribution is -2.27. The van der Waals surface area contributed by atoms with Crippen LogP contribution >= 0.6 is 15.8 Å². The largest absolute Gasteiger partial charge is 0.333 e. The maximum absolute atomic E-state index is 3.44. The van der Waals surface area contributed by atoms with Crippen molar-refractivity contribution in [1.29, 1.82) is 0 Å². The van der Waals surface area contributed by atoms with E-state index in [1.54, 1.807) is 0 Å². The minimum absolute atomic E-state index is 0.814. The molecule has 1 saturated heterocycles. The van der Waals surface area contributed by atoms with Gasteiger partial charge in [-0.05, 0) is 25.4 Å². The predicted octanol–water partition coefficient (Wildman–Crippen LogP) is 1.13. The molecule has 1 rings (SSSR count). The van der Waals surface area contributed by atoms with Gasteiger partial charge >= 0.3 is 0 Å². The third-order valence-electron chi connectivity index (χ3n) is 1.84. The lowest BCUT2D eigenvalue weighted by molar-refractivity contribution is 0.447. The second-order valence-corrected chi connectivity index (χ2v) is 2.92. The van der Waals surface area contributed by atoms with E-state index in [9.17, 15) is 0 Å². The Morgan fingerprint density at radius 2 is 2.50 bits per heavy atom. The lowest BCUT2D eigenvalue weighted by atomic mass is 10.2. The molecule has 8 heavy (non-hydrogen) atoms. The van der Waals surface area contributed by atoms with E-state index in [0.29, 0.717) is 0 Å². The van der Waals surface area contributed by atoms with Gasteiger partial charge in [-0.15, -0.1) is 15.8 Å². The first-order valence-electron chi connectivity index (χ1n) is 3.14. The van der Waals surface area contributed by atoms with Crippen molar-refractivity contribution in [2.75, 3.05) is 6.54 Å². The van der Waals surface area contributed by atoms with Gasteiger partial charge in [-0.25, -0.2) is 0 Å². The zero-order chi connectivity index (χ0) is 5.98. The van der Waals surface area contributed by atoms with Crippen LogP contribution in [0.1, 0.15) is 19.8 Å². The van der Waals surface area contributed by atoms with Crippen LogP contribution in [0.25, 0.3) is 0 Å². The number of hydrogen-bond acceptors (Lipinski definition) is 1. The lowest BCUT2D eigenvalue weighted by Gasteiger charge is -2.15. The maximum Gasteiger partial charge on any atom is 0.285 e. The van der Waals surface area contributed by atoms with Crippen LogP contribution in [0.3, 0.4) is 0 Å². The number of nitrogens with zero attached hydrogens (tertiary/aromatic N) is 1. The Bertz CT molecular complexity index is 78.8. The van der Waals surface area contributed by atoms with Crippen molar-refractivity contribution in [2.45, 2.75) is 25.8 Å². The third kappa shape index (κ3) is 1.26. The molecule has 0 amide bonds. The van der Waals surface area contributed by atoms with E-state index in [0.717, 1.165) is 12.3 Å². The summed E-state index contributed by atoms with van der Waals surface area (Å²) >= 11 is 3.44. The quantitative estimate of drug-likeness (QED) is 0.541. The number of halogens is 1. The summed E-state index contributed by atoms with van der Waals surface area (Å²) in [7, 11) is 0. The summed E-state index contributed by atoms with van der Waals surface area (Å²) in [5.74, 6) is 0. The van der Waals surface area contributed by atoms with Crippen LogP contribution < -0.4 is 0 Å². The van der Waals surface area contributed by atoms with Gasteiger partial charge in [0.25, 0.3) is 6.24 Å². The molecule has 0 radical (unpaired) electrons. The van der Waals surface area contributed by atoms with Crippen LogP contribution in [0.4, 0.5) is 0 Å². The Hall–Kier alpha value is 0.505. The fourth-order valence-corrected chi connectivity index (χ4v) is 1.92. The van der Waals surface area contributed by atoms with Crippen LogP contribution in [0, 0.1) is 0 Å². The van der Waals surface area contributed by atoms with Crippen molar-refractivity contribution < 1.29 is 0 Å². The molecule has 0 saturated carbocycles. The molecule has 0 aromatic rings. The van der Waals surface area contributed by atoms with Crippen molar-refractivity contribution in [3.8, 4) is 0 Å². The van der Waals surface area contributed by atoms with Crippen molar-refractivity contribution in [1.82, 2.24) is 4.81 Å². The first-order valence-corrected chi connectivity index (χ1v) is 4.26. The Morgan fingerprint density at radius 3 is 2.75 bits per heavy atom. The van der Waals surface area contributed by atoms with E-state index in [1.807, 2.05) is 0 Å². The highest BCUT2D eigenvalue weighted by Gasteiger charge is 2.18. The Balaban J connectivity index is 2.30. The van der Waals surface area contributed by atoms with Gasteiger partial charge in [-0.3, -0.25) is 0 Å². The summed E-state index contributed by atoms with van der Waals surface area (Å²) in [4.78, 5) is 2.44. The van der Waals surface area contributed by atoms with Gasteiger partial charge in [0.1, 0.15) is 0 Å². The van der Waals surface area contributed by atoms with Crippen LogP contribution in [0.5, 0.6) is 0 Å². The summed E-state index contributed by atoms with van der Waals surface area (Å²) in [6.45, 7) is 3.57. The molecule has 1 aliphatic heterocycles. The van der Waals surface area contributed by atoms with E-state index in [1.165, 1.54) is 19.4 Å². The Labute approximate surface area is 59.7 Å². The van der Waals surface area contributed by atoms with Gasteiger partial charge in [0.2, 0.25) is 0 Å². The molecule has 0 aromatic heterocycles. The normalized spacial score (nSPS) is 31.0. The molecule has 46 valence electrons. The highest BCUT2D eigenvalue weighted by atomic mass is 79.9. The fourth-order valence-electron chi connectivity index (χ4n) is 1.17. The average Bonchev–Trinajstić information content (AvgIpc) is 2.14. The van der Waals surface area contributed by atoms with Gasteiger partial charge in [-0.2, -0.15) is 0 Å². The first kappa shape index (κ1) is 6.62. The molecule has 1 heterocycles. The molecule has 0 bridgehead atoms. The molecule has 1 unspecified atom stereocenters. The third-order valence-corrected chi connectivity index (χ3v) is 2.49. The molecule has 0 N–H and O–H groups in total. The van der Waals surface area contributed by atoms with Crippen molar-refractivity contribution in [3.05, 3.63) is 0 Å². The van der Waals surface area contributed by atoms with E-state index in [2.05, 4.69) is 27.5 Å². The van der Waals surface area contributed by atoms with Gasteiger partial charge < -0.3 is 4.81 Å². The molecular weight excluding hydrogens is 165 g/mol. The standard InChI is InChI=1S/C5H11BBrN/c1-5-3-2-4-8(5)6-7/h5-6H,2-4H2,1H3. The molecule has 0 spiro atoms. The second kappa shape index (κ2) is 2.88. The van der Waals surface area contributed by atoms with E-state index in [4.69, 9.17) is 0 Å². The molecule has 0 aromatic carbocycles. The summed E-state index contributed by atoms with van der Waals surface area (Å²) in [5.41, 5.74) is 0. The maximum atomic E-state index is 3.44. The summed E-state index contributed by atoms with van der Waals surface area (Å²) in [6, 6.07) is 0.814. The topological polar surface area (TPSA) is 3.24 Å². The smallest absolute Gasteiger partial charge is 0.285 e. The van der Waals surface area contributed by atoms with Gasteiger partial charge in [-0.1, -0.05) is 6.92 Å². The summed E-state index contributed by atoms with van der Waals surface area (Å²) in [6.07, 6.45) is 3.81. The Morgan fingerprint density at radius 1 is 1.75 bits per heavy atom. The van der Waals surface area contributed by atoms with Gasteiger partial charge in [0.15, 0.2) is 0 Å². The predicted molar refractivity (Wildman–Crippen MR) is 41.5 cm³/mol. The molecular formula is C5H11BBrN. The average molecular weight is 176 g/mol. The molecule has 1 nitrogen and oxygen atoms in total. The van der Waals surface area contributed by atoms with Gasteiger partial charge in [0, 0.05) is 0 Å². The minimum atomic E-state index is 0.814. The highest BCUT2D eigenvalue weighted by Crippen LogP contribution is 2.15. The summed E-state index contributed by atoms with van der Waals surface area (Å²) < 4.78 is 0. The van der Waals surface area contributed by atoms with Crippen molar-refractivity contribution >= 4 is 22.0 Å². The van der Waals surface area contributed by atoms with Crippen molar-refractivity contribution in [2.24, 2.45) is 0 Å².